The van der Waals surface area contributed by atoms with Gasteiger partial charge in [0, 0.05) is 6.42 Å². The second-order valence-electron chi connectivity index (χ2n) is 4.07. The first kappa shape index (κ1) is 14.4. The SMILES string of the molecule is CC(O)(CCC(=O)O)c1ccc(OC(F)F)cc1. The van der Waals surface area contributed by atoms with Gasteiger partial charge in [-0.1, -0.05) is 12.1 Å². The molecule has 2 N–H and O–H groups in total. The van der Waals surface area contributed by atoms with Gasteiger partial charge >= 0.3 is 12.6 Å². The second-order valence-corrected chi connectivity index (χ2v) is 4.07. The van der Waals surface area contributed by atoms with E-state index in [1.165, 1.54) is 31.2 Å². The van der Waals surface area contributed by atoms with Crippen LogP contribution < -0.4 is 4.74 Å². The number of carbonyl (C=O) groups is 1. The van der Waals surface area contributed by atoms with E-state index in [9.17, 15) is 18.7 Å². The Labute approximate surface area is 103 Å². The molecule has 0 amide bonds. The van der Waals surface area contributed by atoms with Crippen LogP contribution in [0.2, 0.25) is 0 Å². The third kappa shape index (κ3) is 4.29. The predicted molar refractivity (Wildman–Crippen MR) is 59.5 cm³/mol. The molecule has 0 heterocycles. The minimum Gasteiger partial charge on any atom is -0.481 e. The van der Waals surface area contributed by atoms with Crippen molar-refractivity contribution < 1.29 is 28.5 Å². The number of alkyl halides is 2. The van der Waals surface area contributed by atoms with Crippen molar-refractivity contribution in [2.45, 2.75) is 32.0 Å². The van der Waals surface area contributed by atoms with Crippen LogP contribution in [0.15, 0.2) is 24.3 Å². The van der Waals surface area contributed by atoms with Crippen molar-refractivity contribution in [2.75, 3.05) is 0 Å². The van der Waals surface area contributed by atoms with E-state index in [1.54, 1.807) is 0 Å². The Hall–Kier alpha value is -1.69. The van der Waals surface area contributed by atoms with Gasteiger partial charge in [-0.3, -0.25) is 4.79 Å². The van der Waals surface area contributed by atoms with E-state index in [4.69, 9.17) is 5.11 Å². The first-order chi connectivity index (χ1) is 8.31. The van der Waals surface area contributed by atoms with Gasteiger partial charge in [0.05, 0.1) is 5.60 Å². The van der Waals surface area contributed by atoms with Gasteiger partial charge in [0.25, 0.3) is 0 Å². The average molecular weight is 260 g/mol. The number of benzene rings is 1. The molecule has 0 spiro atoms. The van der Waals surface area contributed by atoms with E-state index in [1.807, 2.05) is 0 Å². The topological polar surface area (TPSA) is 66.8 Å². The van der Waals surface area contributed by atoms with Crippen LogP contribution >= 0.6 is 0 Å². The fourth-order valence-electron chi connectivity index (χ4n) is 1.49. The molecule has 1 aromatic rings. The smallest absolute Gasteiger partial charge is 0.387 e. The summed E-state index contributed by atoms with van der Waals surface area (Å²) in [7, 11) is 0. The molecule has 0 aromatic heterocycles. The van der Waals surface area contributed by atoms with Crippen LogP contribution in [0.3, 0.4) is 0 Å². The maximum Gasteiger partial charge on any atom is 0.387 e. The minimum atomic E-state index is -2.90. The molecule has 1 rings (SSSR count). The van der Waals surface area contributed by atoms with Crippen molar-refractivity contribution in [1.82, 2.24) is 0 Å². The van der Waals surface area contributed by atoms with Gasteiger partial charge in [0.2, 0.25) is 0 Å². The Morgan fingerprint density at radius 3 is 2.39 bits per heavy atom. The van der Waals surface area contributed by atoms with Gasteiger partial charge in [-0.2, -0.15) is 8.78 Å². The quantitative estimate of drug-likeness (QED) is 0.824. The molecule has 0 aliphatic rings. The van der Waals surface area contributed by atoms with Crippen LogP contribution in [-0.4, -0.2) is 22.8 Å². The number of aliphatic hydroxyl groups is 1. The standard InChI is InChI=1S/C12H14F2O4/c1-12(17,7-6-10(15)16)8-2-4-9(5-3-8)18-11(13)14/h2-5,11,17H,6-7H2,1H3,(H,15,16). The van der Waals surface area contributed by atoms with Gasteiger partial charge in [0.1, 0.15) is 5.75 Å². The number of carboxylic acid groups (broad SMARTS) is 1. The fourth-order valence-corrected chi connectivity index (χ4v) is 1.49. The summed E-state index contributed by atoms with van der Waals surface area (Å²) in [5, 5.41) is 18.6. The number of halogens is 2. The third-order valence-corrected chi connectivity index (χ3v) is 2.53. The van der Waals surface area contributed by atoms with Gasteiger partial charge in [-0.15, -0.1) is 0 Å². The lowest BCUT2D eigenvalue weighted by Crippen LogP contribution is -2.22. The van der Waals surface area contributed by atoms with Crippen molar-refractivity contribution in [3.05, 3.63) is 29.8 Å². The molecule has 0 fully saturated rings. The number of carboxylic acids is 1. The number of ether oxygens (including phenoxy) is 1. The van der Waals surface area contributed by atoms with Crippen molar-refractivity contribution in [3.63, 3.8) is 0 Å². The number of hydrogen-bond donors (Lipinski definition) is 2. The van der Waals surface area contributed by atoms with Gasteiger partial charge in [0.15, 0.2) is 0 Å². The molecule has 1 unspecified atom stereocenters. The molecule has 1 atom stereocenters. The summed E-state index contributed by atoms with van der Waals surface area (Å²) < 4.78 is 28.0. The summed E-state index contributed by atoms with van der Waals surface area (Å²) in [6.07, 6.45) is -0.139. The summed E-state index contributed by atoms with van der Waals surface area (Å²) in [6.45, 7) is -1.43. The van der Waals surface area contributed by atoms with Crippen LogP contribution in [0.1, 0.15) is 25.3 Å². The molecule has 18 heavy (non-hydrogen) atoms. The summed E-state index contributed by atoms with van der Waals surface area (Å²) >= 11 is 0. The third-order valence-electron chi connectivity index (χ3n) is 2.53. The Balaban J connectivity index is 2.73. The van der Waals surface area contributed by atoms with Gasteiger partial charge < -0.3 is 14.9 Å². The molecule has 4 nitrogen and oxygen atoms in total. The second kappa shape index (κ2) is 5.77. The van der Waals surface area contributed by atoms with Crippen LogP contribution in [0, 0.1) is 0 Å². The highest BCUT2D eigenvalue weighted by Gasteiger charge is 2.24. The highest BCUT2D eigenvalue weighted by Crippen LogP contribution is 2.27. The van der Waals surface area contributed by atoms with Crippen molar-refractivity contribution >= 4 is 5.97 Å². The monoisotopic (exact) mass is 260 g/mol. The normalized spacial score (nSPS) is 14.3. The Morgan fingerprint density at radius 2 is 1.94 bits per heavy atom. The van der Waals surface area contributed by atoms with Crippen LogP contribution in [0.5, 0.6) is 5.75 Å². The molecule has 100 valence electrons. The minimum absolute atomic E-state index is 0.0113. The molecule has 0 saturated carbocycles. The number of hydrogen-bond acceptors (Lipinski definition) is 3. The molecule has 1 aromatic carbocycles. The maximum atomic E-state index is 11.9. The maximum absolute atomic E-state index is 11.9. The molecular formula is C12H14F2O4. The molecular weight excluding hydrogens is 246 g/mol. The average Bonchev–Trinajstić information content (AvgIpc) is 2.26. The van der Waals surface area contributed by atoms with Crippen LogP contribution in [-0.2, 0) is 10.4 Å². The number of aliphatic carboxylic acids is 1. The summed E-state index contributed by atoms with van der Waals surface area (Å²) in [5.41, 5.74) is -0.868. The predicted octanol–water partition coefficient (Wildman–Crippen LogP) is 2.36. The summed E-state index contributed by atoms with van der Waals surface area (Å²) in [5.74, 6) is -1.02. The zero-order valence-electron chi connectivity index (χ0n) is 9.77. The Bertz CT molecular complexity index is 401. The van der Waals surface area contributed by atoms with E-state index >= 15 is 0 Å². The lowest BCUT2D eigenvalue weighted by atomic mass is 9.91. The zero-order valence-corrected chi connectivity index (χ0v) is 9.77. The van der Waals surface area contributed by atoms with E-state index in [0.717, 1.165) is 0 Å². The van der Waals surface area contributed by atoms with Crippen molar-refractivity contribution in [1.29, 1.82) is 0 Å². The van der Waals surface area contributed by atoms with E-state index in [0.29, 0.717) is 5.56 Å². The van der Waals surface area contributed by atoms with Crippen LogP contribution in [0.4, 0.5) is 8.78 Å². The lowest BCUT2D eigenvalue weighted by Gasteiger charge is -2.23. The summed E-state index contributed by atoms with van der Waals surface area (Å²) in [6, 6.07) is 5.46. The van der Waals surface area contributed by atoms with Crippen molar-refractivity contribution in [2.24, 2.45) is 0 Å². The Morgan fingerprint density at radius 1 is 1.39 bits per heavy atom. The molecule has 6 heteroatoms. The fraction of sp³-hybridized carbons (Fsp3) is 0.417. The van der Waals surface area contributed by atoms with Crippen LogP contribution in [0.25, 0.3) is 0 Å². The summed E-state index contributed by atoms with van der Waals surface area (Å²) in [4.78, 5) is 10.4. The van der Waals surface area contributed by atoms with E-state index < -0.39 is 18.2 Å². The van der Waals surface area contributed by atoms with E-state index in [2.05, 4.69) is 4.74 Å². The molecule has 0 bridgehead atoms. The first-order valence-electron chi connectivity index (χ1n) is 5.31. The number of rotatable bonds is 6. The molecule has 0 radical (unpaired) electrons. The van der Waals surface area contributed by atoms with Gasteiger partial charge in [-0.05, 0) is 31.0 Å². The molecule has 0 aliphatic heterocycles. The molecule has 0 saturated heterocycles. The zero-order chi connectivity index (χ0) is 13.8. The van der Waals surface area contributed by atoms with Gasteiger partial charge in [-0.25, -0.2) is 0 Å². The largest absolute Gasteiger partial charge is 0.481 e. The lowest BCUT2D eigenvalue weighted by molar-refractivity contribution is -0.138. The Kier molecular flexibility index (Phi) is 4.61. The highest BCUT2D eigenvalue weighted by atomic mass is 19.3. The molecule has 0 aliphatic carbocycles. The van der Waals surface area contributed by atoms with Crippen molar-refractivity contribution in [3.8, 4) is 5.75 Å². The first-order valence-corrected chi connectivity index (χ1v) is 5.31. The van der Waals surface area contributed by atoms with E-state index in [-0.39, 0.29) is 18.6 Å². The highest BCUT2D eigenvalue weighted by molar-refractivity contribution is 5.66.